The highest BCUT2D eigenvalue weighted by Crippen LogP contribution is 2.33. The molecule has 1 amide bonds. The minimum Gasteiger partial charge on any atom is -0.507 e. The molecular weight excluding hydrogens is 364 g/mol. The van der Waals surface area contributed by atoms with Gasteiger partial charge in [-0.15, -0.1) is 0 Å². The molecule has 0 radical (unpaired) electrons. The summed E-state index contributed by atoms with van der Waals surface area (Å²) in [6, 6.07) is 2.70. The predicted octanol–water partition coefficient (Wildman–Crippen LogP) is 2.56. The van der Waals surface area contributed by atoms with E-state index in [4.69, 9.17) is 10.5 Å². The second kappa shape index (κ2) is 11.0. The van der Waals surface area contributed by atoms with Crippen LogP contribution in [0.3, 0.4) is 0 Å². The minimum absolute atomic E-state index is 0.0322. The van der Waals surface area contributed by atoms with E-state index in [1.165, 1.54) is 0 Å². The van der Waals surface area contributed by atoms with Gasteiger partial charge in [0, 0.05) is 10.0 Å². The zero-order valence-electron chi connectivity index (χ0n) is 14.0. The lowest BCUT2D eigenvalue weighted by molar-refractivity contribution is -0.143. The number of phenolic OH excluding ortho intramolecular Hbond substituents is 1. The lowest BCUT2D eigenvalue weighted by Crippen LogP contribution is -2.35. The largest absolute Gasteiger partial charge is 0.507 e. The molecule has 7 heteroatoms. The molecule has 0 aliphatic carbocycles. The average molecular weight is 389 g/mol. The maximum atomic E-state index is 11.7. The summed E-state index contributed by atoms with van der Waals surface area (Å²) in [5.74, 6) is -0.844. The molecule has 0 bridgehead atoms. The van der Waals surface area contributed by atoms with Gasteiger partial charge in [0.1, 0.15) is 5.75 Å². The third-order valence-electron chi connectivity index (χ3n) is 2.87. The van der Waals surface area contributed by atoms with Gasteiger partial charge in [-0.2, -0.15) is 0 Å². The first-order valence-electron chi connectivity index (χ1n) is 7.53. The van der Waals surface area contributed by atoms with Gasteiger partial charge in [-0.25, -0.2) is 0 Å². The highest BCUT2D eigenvalue weighted by Gasteiger charge is 2.23. The summed E-state index contributed by atoms with van der Waals surface area (Å²) in [5.41, 5.74) is 6.36. The Hall–Kier alpha value is -1.60. The molecule has 0 saturated heterocycles. The van der Waals surface area contributed by atoms with Gasteiger partial charge >= 0.3 is 5.97 Å². The molecule has 1 rings (SSSR count). The van der Waals surface area contributed by atoms with Gasteiger partial charge in [-0.1, -0.05) is 29.8 Å². The van der Waals surface area contributed by atoms with Crippen LogP contribution in [0.4, 0.5) is 0 Å². The standard InChI is InChI=1S/C14H19BrN2O4.C2H6/c1-3-21-13(19)6-11(17-12(18)7-16)10-5-9(15)4-8(2)14(10)20;1-2/h4-5,11,20H,3,6-7,16H2,1-2H3,(H,17,18);1-2H3/t11-;/m0./s1. The first kappa shape index (κ1) is 21.4. The van der Waals surface area contributed by atoms with Gasteiger partial charge in [0.2, 0.25) is 5.91 Å². The van der Waals surface area contributed by atoms with Crippen LogP contribution in [0.5, 0.6) is 5.75 Å². The van der Waals surface area contributed by atoms with Gasteiger partial charge < -0.3 is 20.9 Å². The number of nitrogens with one attached hydrogen (secondary N) is 1. The van der Waals surface area contributed by atoms with Crippen molar-refractivity contribution in [1.82, 2.24) is 5.32 Å². The molecule has 0 aliphatic heterocycles. The van der Waals surface area contributed by atoms with Crippen LogP contribution in [-0.4, -0.2) is 30.1 Å². The molecule has 130 valence electrons. The maximum Gasteiger partial charge on any atom is 0.308 e. The van der Waals surface area contributed by atoms with Crippen molar-refractivity contribution in [3.05, 3.63) is 27.7 Å². The number of ether oxygens (including phenoxy) is 1. The molecule has 0 unspecified atom stereocenters. The number of halogens is 1. The molecule has 0 heterocycles. The van der Waals surface area contributed by atoms with Crippen LogP contribution in [-0.2, 0) is 14.3 Å². The lowest BCUT2D eigenvalue weighted by atomic mass is 10.00. The second-order valence-electron chi connectivity index (χ2n) is 4.49. The number of hydrogen-bond donors (Lipinski definition) is 3. The molecule has 0 aliphatic rings. The fraction of sp³-hybridized carbons (Fsp3) is 0.500. The molecule has 0 saturated carbocycles. The van der Waals surface area contributed by atoms with Gasteiger partial charge in [-0.05, 0) is 31.5 Å². The Kier molecular flexibility index (Phi) is 10.2. The topological polar surface area (TPSA) is 102 Å². The van der Waals surface area contributed by atoms with Crippen molar-refractivity contribution in [3.8, 4) is 5.75 Å². The number of aromatic hydroxyl groups is 1. The summed E-state index contributed by atoms with van der Waals surface area (Å²) in [6.45, 7) is 7.48. The van der Waals surface area contributed by atoms with Crippen molar-refractivity contribution < 1.29 is 19.4 Å². The number of carbonyl (C=O) groups is 2. The number of benzene rings is 1. The van der Waals surface area contributed by atoms with Crippen molar-refractivity contribution in [2.24, 2.45) is 5.73 Å². The number of hydrogen-bond acceptors (Lipinski definition) is 5. The monoisotopic (exact) mass is 388 g/mol. The summed E-state index contributed by atoms with van der Waals surface area (Å²) in [4.78, 5) is 23.2. The average Bonchev–Trinajstić information content (AvgIpc) is 2.52. The van der Waals surface area contributed by atoms with E-state index in [1.807, 2.05) is 13.8 Å². The Morgan fingerprint density at radius 1 is 1.39 bits per heavy atom. The molecule has 4 N–H and O–H groups in total. The molecule has 0 aromatic heterocycles. The SMILES string of the molecule is CC.CCOC(=O)C[C@H](NC(=O)CN)c1cc(Br)cc(C)c1O. The van der Waals surface area contributed by atoms with Gasteiger partial charge in [0.25, 0.3) is 0 Å². The zero-order chi connectivity index (χ0) is 18.0. The Morgan fingerprint density at radius 3 is 2.52 bits per heavy atom. The third-order valence-corrected chi connectivity index (χ3v) is 3.32. The molecule has 0 fully saturated rings. The van der Waals surface area contributed by atoms with Gasteiger partial charge in [0.15, 0.2) is 0 Å². The summed E-state index contributed by atoms with van der Waals surface area (Å²) in [5, 5.41) is 12.8. The van der Waals surface area contributed by atoms with Crippen LogP contribution in [0, 0.1) is 6.92 Å². The first-order chi connectivity index (χ1) is 10.9. The molecule has 1 aromatic carbocycles. The number of carbonyl (C=O) groups excluding carboxylic acids is 2. The molecule has 1 atom stereocenters. The predicted molar refractivity (Wildman–Crippen MR) is 93.1 cm³/mol. The van der Waals surface area contributed by atoms with E-state index in [0.29, 0.717) is 11.1 Å². The zero-order valence-corrected chi connectivity index (χ0v) is 15.6. The molecular formula is C16H25BrN2O4. The van der Waals surface area contributed by atoms with Crippen LogP contribution in [0.25, 0.3) is 0 Å². The van der Waals surface area contributed by atoms with Crippen molar-refractivity contribution in [2.75, 3.05) is 13.2 Å². The summed E-state index contributed by atoms with van der Waals surface area (Å²) in [7, 11) is 0. The summed E-state index contributed by atoms with van der Waals surface area (Å²) < 4.78 is 5.63. The Bertz CT molecular complexity index is 535. The van der Waals surface area contributed by atoms with E-state index < -0.39 is 17.9 Å². The van der Waals surface area contributed by atoms with Crippen molar-refractivity contribution in [2.45, 2.75) is 40.2 Å². The van der Waals surface area contributed by atoms with E-state index in [1.54, 1.807) is 26.0 Å². The first-order valence-corrected chi connectivity index (χ1v) is 8.32. The molecule has 6 nitrogen and oxygen atoms in total. The Balaban J connectivity index is 0.00000232. The van der Waals surface area contributed by atoms with E-state index in [9.17, 15) is 14.7 Å². The number of phenols is 1. The lowest BCUT2D eigenvalue weighted by Gasteiger charge is -2.20. The smallest absolute Gasteiger partial charge is 0.308 e. The minimum atomic E-state index is -0.698. The van der Waals surface area contributed by atoms with Gasteiger partial charge in [0.05, 0.1) is 25.6 Å². The Morgan fingerprint density at radius 2 is 2.00 bits per heavy atom. The van der Waals surface area contributed by atoms with E-state index in [0.717, 1.165) is 4.47 Å². The van der Waals surface area contributed by atoms with Crippen LogP contribution < -0.4 is 11.1 Å². The number of nitrogens with two attached hydrogens (primary N) is 1. The quantitative estimate of drug-likeness (QED) is 0.649. The van der Waals surface area contributed by atoms with Crippen molar-refractivity contribution >= 4 is 27.8 Å². The highest BCUT2D eigenvalue weighted by molar-refractivity contribution is 9.10. The van der Waals surface area contributed by atoms with Crippen molar-refractivity contribution in [3.63, 3.8) is 0 Å². The molecule has 0 spiro atoms. The van der Waals surface area contributed by atoms with Crippen LogP contribution >= 0.6 is 15.9 Å². The molecule has 1 aromatic rings. The highest BCUT2D eigenvalue weighted by atomic mass is 79.9. The van der Waals surface area contributed by atoms with Crippen LogP contribution in [0.15, 0.2) is 16.6 Å². The van der Waals surface area contributed by atoms with Crippen molar-refractivity contribution in [1.29, 1.82) is 0 Å². The van der Waals surface area contributed by atoms with Crippen LogP contribution in [0.2, 0.25) is 0 Å². The van der Waals surface area contributed by atoms with E-state index >= 15 is 0 Å². The normalized spacial score (nSPS) is 11.0. The second-order valence-corrected chi connectivity index (χ2v) is 5.41. The fourth-order valence-electron chi connectivity index (χ4n) is 1.91. The molecule has 23 heavy (non-hydrogen) atoms. The van der Waals surface area contributed by atoms with Crippen LogP contribution in [0.1, 0.15) is 44.4 Å². The van der Waals surface area contributed by atoms with Gasteiger partial charge in [-0.3, -0.25) is 9.59 Å². The fourth-order valence-corrected chi connectivity index (χ4v) is 2.50. The number of amides is 1. The Labute approximate surface area is 145 Å². The maximum absolute atomic E-state index is 11.7. The number of aryl methyl sites for hydroxylation is 1. The third kappa shape index (κ3) is 7.00. The van der Waals surface area contributed by atoms with E-state index in [2.05, 4.69) is 21.2 Å². The number of rotatable bonds is 6. The number of esters is 1. The van der Waals surface area contributed by atoms with E-state index in [-0.39, 0.29) is 25.3 Å². The summed E-state index contributed by atoms with van der Waals surface area (Å²) in [6.07, 6.45) is -0.0803. The summed E-state index contributed by atoms with van der Waals surface area (Å²) >= 11 is 3.33.